The highest BCUT2D eigenvalue weighted by atomic mass is 19.1. The Bertz CT molecular complexity index is 689. The van der Waals surface area contributed by atoms with Gasteiger partial charge in [-0.3, -0.25) is 4.40 Å². The van der Waals surface area contributed by atoms with E-state index >= 15 is 0 Å². The third-order valence-electron chi connectivity index (χ3n) is 2.70. The zero-order valence-corrected chi connectivity index (χ0v) is 9.42. The lowest BCUT2D eigenvalue weighted by Crippen LogP contribution is -1.99. The number of hydrogen-bond donors (Lipinski definition) is 1. The number of anilines is 1. The average molecular weight is 243 g/mol. The topological polar surface area (TPSA) is 69.1 Å². The van der Waals surface area contributed by atoms with Crippen LogP contribution in [-0.2, 0) is 6.42 Å². The van der Waals surface area contributed by atoms with Gasteiger partial charge in [0, 0.05) is 18.8 Å². The number of hydrogen-bond acceptors (Lipinski definition) is 4. The van der Waals surface area contributed by atoms with Crippen molar-refractivity contribution in [1.29, 1.82) is 0 Å². The van der Waals surface area contributed by atoms with Crippen LogP contribution in [-0.4, -0.2) is 19.6 Å². The van der Waals surface area contributed by atoms with Gasteiger partial charge in [-0.1, -0.05) is 12.1 Å². The summed E-state index contributed by atoms with van der Waals surface area (Å²) >= 11 is 0. The average Bonchev–Trinajstić information content (AvgIpc) is 2.77. The minimum atomic E-state index is -0.252. The van der Waals surface area contributed by atoms with E-state index in [0.717, 1.165) is 11.4 Å². The van der Waals surface area contributed by atoms with Crippen LogP contribution in [0, 0.1) is 5.82 Å². The first kappa shape index (κ1) is 10.6. The summed E-state index contributed by atoms with van der Waals surface area (Å²) < 4.78 is 14.6. The molecule has 6 heteroatoms. The number of nitrogen functional groups attached to an aromatic ring is 1. The third-order valence-corrected chi connectivity index (χ3v) is 2.70. The molecule has 3 rings (SSSR count). The number of rotatable bonds is 2. The SMILES string of the molecule is Nc1nccn2c(Cc3ccc(F)cc3)nnc12. The quantitative estimate of drug-likeness (QED) is 0.739. The molecule has 0 unspecified atom stereocenters. The Morgan fingerprint density at radius 2 is 1.94 bits per heavy atom. The van der Waals surface area contributed by atoms with Crippen LogP contribution in [0.15, 0.2) is 36.7 Å². The van der Waals surface area contributed by atoms with Crippen molar-refractivity contribution >= 4 is 11.5 Å². The molecule has 5 nitrogen and oxygen atoms in total. The van der Waals surface area contributed by atoms with Crippen molar-refractivity contribution in [2.75, 3.05) is 5.73 Å². The van der Waals surface area contributed by atoms with Gasteiger partial charge in [0.15, 0.2) is 5.82 Å². The molecule has 0 atom stereocenters. The molecule has 2 heterocycles. The van der Waals surface area contributed by atoms with Gasteiger partial charge in [0.25, 0.3) is 0 Å². The van der Waals surface area contributed by atoms with Gasteiger partial charge in [0.2, 0.25) is 5.65 Å². The van der Waals surface area contributed by atoms with Gasteiger partial charge in [0.05, 0.1) is 0 Å². The largest absolute Gasteiger partial charge is 0.381 e. The van der Waals surface area contributed by atoms with E-state index in [1.54, 1.807) is 28.9 Å². The van der Waals surface area contributed by atoms with Crippen molar-refractivity contribution in [3.05, 3.63) is 53.9 Å². The first-order valence-electron chi connectivity index (χ1n) is 5.42. The van der Waals surface area contributed by atoms with Gasteiger partial charge in [-0.25, -0.2) is 9.37 Å². The van der Waals surface area contributed by atoms with Crippen LogP contribution >= 0.6 is 0 Å². The molecule has 2 aromatic heterocycles. The Hall–Kier alpha value is -2.50. The van der Waals surface area contributed by atoms with E-state index in [9.17, 15) is 4.39 Å². The molecule has 0 spiro atoms. The lowest BCUT2D eigenvalue weighted by molar-refractivity contribution is 0.627. The first-order chi connectivity index (χ1) is 8.74. The maximum absolute atomic E-state index is 12.8. The van der Waals surface area contributed by atoms with E-state index in [0.29, 0.717) is 17.9 Å². The number of aromatic nitrogens is 4. The summed E-state index contributed by atoms with van der Waals surface area (Å²) in [5.74, 6) is 0.833. The van der Waals surface area contributed by atoms with Crippen molar-refractivity contribution in [1.82, 2.24) is 19.6 Å². The molecule has 90 valence electrons. The van der Waals surface area contributed by atoms with Crippen LogP contribution < -0.4 is 5.73 Å². The fourth-order valence-corrected chi connectivity index (χ4v) is 1.80. The van der Waals surface area contributed by atoms with Crippen LogP contribution in [0.3, 0.4) is 0 Å². The van der Waals surface area contributed by atoms with Crippen molar-refractivity contribution in [2.45, 2.75) is 6.42 Å². The van der Waals surface area contributed by atoms with Gasteiger partial charge >= 0.3 is 0 Å². The number of nitrogens with zero attached hydrogens (tertiary/aromatic N) is 4. The molecular weight excluding hydrogens is 233 g/mol. The summed E-state index contributed by atoms with van der Waals surface area (Å²) in [6.07, 6.45) is 3.91. The zero-order chi connectivity index (χ0) is 12.5. The smallest absolute Gasteiger partial charge is 0.203 e. The number of halogens is 1. The Morgan fingerprint density at radius 1 is 1.17 bits per heavy atom. The maximum atomic E-state index is 12.8. The summed E-state index contributed by atoms with van der Waals surface area (Å²) in [6, 6.07) is 6.30. The van der Waals surface area contributed by atoms with Crippen LogP contribution in [0.1, 0.15) is 11.4 Å². The second kappa shape index (κ2) is 4.06. The molecule has 0 saturated heterocycles. The van der Waals surface area contributed by atoms with E-state index in [4.69, 9.17) is 5.73 Å². The van der Waals surface area contributed by atoms with Crippen molar-refractivity contribution < 1.29 is 4.39 Å². The van der Waals surface area contributed by atoms with E-state index in [1.807, 2.05) is 0 Å². The normalized spacial score (nSPS) is 10.9. The highest BCUT2D eigenvalue weighted by Crippen LogP contribution is 2.12. The predicted octanol–water partition coefficient (Wildman–Crippen LogP) is 1.44. The molecule has 0 radical (unpaired) electrons. The number of benzene rings is 1. The lowest BCUT2D eigenvalue weighted by atomic mass is 10.1. The fourth-order valence-electron chi connectivity index (χ4n) is 1.80. The Balaban J connectivity index is 2.00. The van der Waals surface area contributed by atoms with Gasteiger partial charge in [-0.15, -0.1) is 10.2 Å². The number of fused-ring (bicyclic) bond motifs is 1. The Labute approximate surface area is 102 Å². The molecule has 0 amide bonds. The summed E-state index contributed by atoms with van der Waals surface area (Å²) in [4.78, 5) is 3.94. The molecule has 0 fully saturated rings. The zero-order valence-electron chi connectivity index (χ0n) is 9.42. The molecule has 0 aliphatic rings. The highest BCUT2D eigenvalue weighted by Gasteiger charge is 2.08. The van der Waals surface area contributed by atoms with Gasteiger partial charge in [-0.05, 0) is 17.7 Å². The van der Waals surface area contributed by atoms with Gasteiger partial charge in [0.1, 0.15) is 11.6 Å². The summed E-state index contributed by atoms with van der Waals surface area (Å²) in [5, 5.41) is 8.06. The minimum absolute atomic E-state index is 0.252. The molecule has 0 aliphatic heterocycles. The van der Waals surface area contributed by atoms with Crippen LogP contribution in [0.5, 0.6) is 0 Å². The summed E-state index contributed by atoms with van der Waals surface area (Å²) in [5.41, 5.74) is 7.19. The Morgan fingerprint density at radius 3 is 2.72 bits per heavy atom. The molecular formula is C12H10FN5. The second-order valence-electron chi connectivity index (χ2n) is 3.93. The molecule has 1 aromatic carbocycles. The van der Waals surface area contributed by atoms with Gasteiger partial charge < -0.3 is 5.73 Å². The van der Waals surface area contributed by atoms with Crippen LogP contribution in [0.4, 0.5) is 10.2 Å². The Kier molecular flexibility index (Phi) is 2.40. The molecule has 3 aromatic rings. The molecule has 2 N–H and O–H groups in total. The maximum Gasteiger partial charge on any atom is 0.203 e. The van der Waals surface area contributed by atoms with E-state index < -0.39 is 0 Å². The monoisotopic (exact) mass is 243 g/mol. The lowest BCUT2D eigenvalue weighted by Gasteiger charge is -2.01. The molecule has 0 aliphatic carbocycles. The van der Waals surface area contributed by atoms with Crippen LogP contribution in [0.2, 0.25) is 0 Å². The number of nitrogens with two attached hydrogens (primary N) is 1. The summed E-state index contributed by atoms with van der Waals surface area (Å²) in [7, 11) is 0. The second-order valence-corrected chi connectivity index (χ2v) is 3.93. The fraction of sp³-hybridized carbons (Fsp3) is 0.0833. The van der Waals surface area contributed by atoms with Crippen molar-refractivity contribution in [2.24, 2.45) is 0 Å². The summed E-state index contributed by atoms with van der Waals surface area (Å²) in [6.45, 7) is 0. The highest BCUT2D eigenvalue weighted by molar-refractivity contribution is 5.58. The molecule has 0 bridgehead atoms. The predicted molar refractivity (Wildman–Crippen MR) is 64.4 cm³/mol. The van der Waals surface area contributed by atoms with E-state index in [1.165, 1.54) is 12.1 Å². The van der Waals surface area contributed by atoms with Crippen molar-refractivity contribution in [3.8, 4) is 0 Å². The van der Waals surface area contributed by atoms with Gasteiger partial charge in [-0.2, -0.15) is 0 Å². The molecule has 18 heavy (non-hydrogen) atoms. The van der Waals surface area contributed by atoms with E-state index in [2.05, 4.69) is 15.2 Å². The van der Waals surface area contributed by atoms with Crippen LogP contribution in [0.25, 0.3) is 5.65 Å². The third kappa shape index (κ3) is 1.77. The first-order valence-corrected chi connectivity index (χ1v) is 5.42. The molecule has 0 saturated carbocycles. The minimum Gasteiger partial charge on any atom is -0.381 e. The van der Waals surface area contributed by atoms with Crippen molar-refractivity contribution in [3.63, 3.8) is 0 Å². The van der Waals surface area contributed by atoms with E-state index in [-0.39, 0.29) is 5.82 Å². The standard InChI is InChI=1S/C12H10FN5/c13-9-3-1-8(2-4-9)7-10-16-17-12-11(14)15-5-6-18(10)12/h1-6H,7H2,(H2,14,15).